The number of rotatable bonds is 4. The fraction of sp³-hybridized carbons (Fsp3) is 0.200. The number of hydrogen-bond donors (Lipinski definition) is 0. The van der Waals surface area contributed by atoms with Crippen molar-refractivity contribution in [3.05, 3.63) is 59.7 Å². The van der Waals surface area contributed by atoms with Crippen LogP contribution in [0.1, 0.15) is 27.7 Å². The maximum atomic E-state index is 12.1. The zero-order chi connectivity index (χ0) is 17.7. The van der Waals surface area contributed by atoms with Crippen LogP contribution < -0.4 is 9.47 Å². The molecule has 0 unspecified atom stereocenters. The van der Waals surface area contributed by atoms with E-state index in [0.29, 0.717) is 5.57 Å². The molecule has 0 aliphatic rings. The zero-order valence-electron chi connectivity index (χ0n) is 14.3. The lowest BCUT2D eigenvalue weighted by Gasteiger charge is -2.11. The van der Waals surface area contributed by atoms with Crippen LogP contribution in [-0.2, 0) is 9.59 Å². The van der Waals surface area contributed by atoms with Crippen LogP contribution >= 0.6 is 0 Å². The Morgan fingerprint density at radius 2 is 1.46 bits per heavy atom. The molecule has 0 fully saturated rings. The molecule has 2 aromatic carbocycles. The van der Waals surface area contributed by atoms with Crippen LogP contribution in [0, 0.1) is 0 Å². The summed E-state index contributed by atoms with van der Waals surface area (Å²) in [4.78, 5) is 24.0. The topological polar surface area (TPSA) is 52.6 Å². The number of hydrogen-bond acceptors (Lipinski definition) is 4. The van der Waals surface area contributed by atoms with Gasteiger partial charge in [0.25, 0.3) is 0 Å². The van der Waals surface area contributed by atoms with Crippen LogP contribution in [0.5, 0.6) is 11.5 Å². The lowest BCUT2D eigenvalue weighted by atomic mass is 10.1. The maximum absolute atomic E-state index is 12.1. The van der Waals surface area contributed by atoms with Crippen molar-refractivity contribution in [3.8, 4) is 11.5 Å². The van der Waals surface area contributed by atoms with E-state index in [-0.39, 0.29) is 11.5 Å². The molecule has 0 amide bonds. The number of allylic oxidation sites excluding steroid dienone is 2. The van der Waals surface area contributed by atoms with Gasteiger partial charge in [-0.3, -0.25) is 0 Å². The van der Waals surface area contributed by atoms with Crippen LogP contribution in [0.4, 0.5) is 0 Å². The smallest absolute Gasteiger partial charge is 0.338 e. The maximum Gasteiger partial charge on any atom is 0.338 e. The minimum atomic E-state index is -0.509. The zero-order valence-corrected chi connectivity index (χ0v) is 14.3. The highest BCUT2D eigenvalue weighted by molar-refractivity contribution is 5.93. The highest BCUT2D eigenvalue weighted by atomic mass is 16.6. The van der Waals surface area contributed by atoms with Crippen molar-refractivity contribution in [1.82, 2.24) is 0 Å². The fourth-order valence-electron chi connectivity index (χ4n) is 2.03. The van der Waals surface area contributed by atoms with Gasteiger partial charge >= 0.3 is 11.9 Å². The molecular weight excluding hydrogens is 304 g/mol. The first-order valence-corrected chi connectivity index (χ1v) is 7.65. The molecule has 124 valence electrons. The minimum absolute atomic E-state index is 0.216. The first kappa shape index (κ1) is 17.5. The highest BCUT2D eigenvalue weighted by Crippen LogP contribution is 2.33. The molecule has 0 heterocycles. The molecule has 0 N–H and O–H groups in total. The molecule has 2 aromatic rings. The van der Waals surface area contributed by atoms with E-state index in [1.807, 2.05) is 24.3 Å². The Labute approximate surface area is 141 Å². The third-order valence-electron chi connectivity index (χ3n) is 3.39. The molecule has 0 atom stereocenters. The monoisotopic (exact) mass is 324 g/mol. The summed E-state index contributed by atoms with van der Waals surface area (Å²) >= 11 is 0. The fourth-order valence-corrected chi connectivity index (χ4v) is 2.03. The minimum Gasteiger partial charge on any atom is -0.419 e. The van der Waals surface area contributed by atoms with E-state index in [0.717, 1.165) is 16.3 Å². The summed E-state index contributed by atoms with van der Waals surface area (Å²) in [5.41, 5.74) is 1.30. The Morgan fingerprint density at radius 1 is 0.917 bits per heavy atom. The van der Waals surface area contributed by atoms with Crippen molar-refractivity contribution < 1.29 is 19.1 Å². The van der Waals surface area contributed by atoms with E-state index in [1.165, 1.54) is 6.08 Å². The van der Waals surface area contributed by atoms with Crippen LogP contribution in [0.2, 0.25) is 0 Å². The Kier molecular flexibility index (Phi) is 5.53. The number of esters is 2. The predicted octanol–water partition coefficient (Wildman–Crippen LogP) is 4.58. The molecule has 0 spiro atoms. The van der Waals surface area contributed by atoms with Crippen molar-refractivity contribution in [2.75, 3.05) is 0 Å². The van der Waals surface area contributed by atoms with E-state index >= 15 is 0 Å². The lowest BCUT2D eigenvalue weighted by molar-refractivity contribution is -0.132. The van der Waals surface area contributed by atoms with Gasteiger partial charge in [-0.25, -0.2) is 9.59 Å². The molecule has 0 aliphatic heterocycles. The van der Waals surface area contributed by atoms with Crippen LogP contribution in [0.15, 0.2) is 59.7 Å². The summed E-state index contributed by atoms with van der Waals surface area (Å²) in [5, 5.41) is 1.78. The standard InChI is InChI=1S/C20H20O4/c1-5-14(4)20(22)24-18-12-16-9-7-6-8-15(16)11-17(18)23-19(21)10-13(2)3/h5-12H,1-4H3/b14-5+. The van der Waals surface area contributed by atoms with Gasteiger partial charge in [0.15, 0.2) is 11.5 Å². The van der Waals surface area contributed by atoms with Gasteiger partial charge in [0.1, 0.15) is 0 Å². The number of fused-ring (bicyclic) bond motifs is 1. The molecule has 0 saturated heterocycles. The quantitative estimate of drug-likeness (QED) is 0.469. The van der Waals surface area contributed by atoms with Crippen LogP contribution in [0.25, 0.3) is 10.8 Å². The first-order chi connectivity index (χ1) is 11.4. The summed E-state index contributed by atoms with van der Waals surface area (Å²) in [6, 6.07) is 11.0. The van der Waals surface area contributed by atoms with E-state index in [4.69, 9.17) is 9.47 Å². The van der Waals surface area contributed by atoms with E-state index < -0.39 is 11.9 Å². The molecule has 0 aromatic heterocycles. The van der Waals surface area contributed by atoms with E-state index in [2.05, 4.69) is 0 Å². The molecule has 4 heteroatoms. The average Bonchev–Trinajstić information content (AvgIpc) is 2.53. The van der Waals surface area contributed by atoms with Gasteiger partial charge in [0.05, 0.1) is 0 Å². The molecule has 0 aliphatic carbocycles. The summed E-state index contributed by atoms with van der Waals surface area (Å²) in [6.07, 6.45) is 3.05. The van der Waals surface area contributed by atoms with E-state index in [1.54, 1.807) is 45.9 Å². The second-order valence-electron chi connectivity index (χ2n) is 5.65. The average molecular weight is 324 g/mol. The highest BCUT2D eigenvalue weighted by Gasteiger charge is 2.15. The third-order valence-corrected chi connectivity index (χ3v) is 3.39. The molecule has 4 nitrogen and oxygen atoms in total. The Morgan fingerprint density at radius 3 is 1.96 bits per heavy atom. The van der Waals surface area contributed by atoms with Crippen molar-refractivity contribution in [3.63, 3.8) is 0 Å². The SMILES string of the molecule is C/C=C(\C)C(=O)Oc1cc2ccccc2cc1OC(=O)C=C(C)C. The summed E-state index contributed by atoms with van der Waals surface area (Å²) in [6.45, 7) is 7.03. The van der Waals surface area contributed by atoms with Gasteiger partial charge < -0.3 is 9.47 Å². The van der Waals surface area contributed by atoms with Gasteiger partial charge in [-0.15, -0.1) is 0 Å². The summed E-state index contributed by atoms with van der Waals surface area (Å²) in [7, 11) is 0. The van der Waals surface area contributed by atoms with E-state index in [9.17, 15) is 9.59 Å². The summed E-state index contributed by atoms with van der Waals surface area (Å²) in [5.74, 6) is -0.554. The molecular formula is C20H20O4. The first-order valence-electron chi connectivity index (χ1n) is 7.65. The van der Waals surface area contributed by atoms with Gasteiger partial charge in [-0.2, -0.15) is 0 Å². The van der Waals surface area contributed by atoms with Gasteiger partial charge in [-0.1, -0.05) is 35.9 Å². The molecule has 0 saturated carbocycles. The lowest BCUT2D eigenvalue weighted by Crippen LogP contribution is -2.12. The Bertz CT molecular complexity index is 840. The second-order valence-corrected chi connectivity index (χ2v) is 5.65. The number of carbonyl (C=O) groups excluding carboxylic acids is 2. The number of carbonyl (C=O) groups is 2. The summed E-state index contributed by atoms with van der Waals surface area (Å²) < 4.78 is 10.8. The van der Waals surface area contributed by atoms with Crippen molar-refractivity contribution in [2.24, 2.45) is 0 Å². The Hall–Kier alpha value is -2.88. The van der Waals surface area contributed by atoms with Crippen molar-refractivity contribution in [2.45, 2.75) is 27.7 Å². The normalized spacial score (nSPS) is 11.1. The van der Waals surface area contributed by atoms with Crippen LogP contribution in [-0.4, -0.2) is 11.9 Å². The largest absolute Gasteiger partial charge is 0.419 e. The third kappa shape index (κ3) is 4.32. The van der Waals surface area contributed by atoms with Crippen molar-refractivity contribution >= 4 is 22.7 Å². The molecule has 24 heavy (non-hydrogen) atoms. The number of ether oxygens (including phenoxy) is 2. The Balaban J connectivity index is 2.45. The van der Waals surface area contributed by atoms with Crippen molar-refractivity contribution in [1.29, 1.82) is 0 Å². The molecule has 0 radical (unpaired) electrons. The number of benzene rings is 2. The second kappa shape index (κ2) is 7.59. The van der Waals surface area contributed by atoms with Gasteiger partial charge in [-0.05, 0) is 50.6 Å². The molecule has 2 rings (SSSR count). The molecule has 0 bridgehead atoms. The predicted molar refractivity (Wildman–Crippen MR) is 94.1 cm³/mol. The van der Waals surface area contributed by atoms with Gasteiger partial charge in [0, 0.05) is 11.6 Å². The van der Waals surface area contributed by atoms with Crippen LogP contribution in [0.3, 0.4) is 0 Å². The van der Waals surface area contributed by atoms with Gasteiger partial charge in [0.2, 0.25) is 0 Å².